The number of hydrogen-bond acceptors (Lipinski definition) is 2. The van der Waals surface area contributed by atoms with Crippen LogP contribution in [0.25, 0.3) is 6.08 Å². The van der Waals surface area contributed by atoms with Gasteiger partial charge >= 0.3 is 11.9 Å². The largest absolute Gasteiger partial charge is 0.481 e. The van der Waals surface area contributed by atoms with Crippen LogP contribution in [0.2, 0.25) is 0 Å². The van der Waals surface area contributed by atoms with Gasteiger partial charge in [0.15, 0.2) is 0 Å². The summed E-state index contributed by atoms with van der Waals surface area (Å²) in [6.07, 6.45) is 0.628. The summed E-state index contributed by atoms with van der Waals surface area (Å²) in [6, 6.07) is 5.10. The maximum atomic E-state index is 12.6. The molecule has 0 amide bonds. The number of carboxylic acids is 2. The fraction of sp³-hybridized carbons (Fsp3) is 0.0909. The first-order valence-corrected chi connectivity index (χ1v) is 4.40. The number of hydrogen-bond donors (Lipinski definition) is 2. The Kier molecular flexibility index (Phi) is 3.77. The first-order valence-electron chi connectivity index (χ1n) is 4.40. The van der Waals surface area contributed by atoms with E-state index in [1.54, 1.807) is 0 Å². The molecule has 0 fully saturated rings. The van der Waals surface area contributed by atoms with Crippen molar-refractivity contribution < 1.29 is 24.2 Å². The summed E-state index contributed by atoms with van der Waals surface area (Å²) in [4.78, 5) is 21.1. The van der Waals surface area contributed by atoms with Crippen molar-refractivity contribution >= 4 is 18.0 Å². The predicted octanol–water partition coefficient (Wildman–Crippen LogP) is 1.77. The van der Waals surface area contributed by atoms with E-state index in [9.17, 15) is 14.0 Å². The molecule has 1 rings (SSSR count). The van der Waals surface area contributed by atoms with Crippen LogP contribution in [0.3, 0.4) is 0 Å². The van der Waals surface area contributed by atoms with Crippen molar-refractivity contribution in [3.63, 3.8) is 0 Å². The van der Waals surface area contributed by atoms with Crippen LogP contribution < -0.4 is 0 Å². The van der Waals surface area contributed by atoms with E-state index in [0.717, 1.165) is 0 Å². The molecule has 0 spiro atoms. The van der Waals surface area contributed by atoms with Crippen molar-refractivity contribution in [1.82, 2.24) is 0 Å². The van der Waals surface area contributed by atoms with Gasteiger partial charge in [0, 0.05) is 5.57 Å². The number of halogens is 1. The van der Waals surface area contributed by atoms with Gasteiger partial charge in [-0.05, 0) is 23.8 Å². The Morgan fingerprint density at radius 2 is 1.75 bits per heavy atom. The lowest BCUT2D eigenvalue weighted by molar-refractivity contribution is -0.139. The molecule has 0 aromatic heterocycles. The van der Waals surface area contributed by atoms with Gasteiger partial charge in [-0.25, -0.2) is 9.18 Å². The highest BCUT2D eigenvalue weighted by Crippen LogP contribution is 2.11. The van der Waals surface area contributed by atoms with E-state index in [-0.39, 0.29) is 5.57 Å². The van der Waals surface area contributed by atoms with Gasteiger partial charge in [-0.2, -0.15) is 0 Å². The molecule has 0 aliphatic heterocycles. The summed E-state index contributed by atoms with van der Waals surface area (Å²) in [5.41, 5.74) is 0.194. The second-order valence-corrected chi connectivity index (χ2v) is 3.10. The zero-order valence-corrected chi connectivity index (χ0v) is 8.18. The third-order valence-corrected chi connectivity index (χ3v) is 1.83. The summed E-state index contributed by atoms with van der Waals surface area (Å²) >= 11 is 0. The predicted molar refractivity (Wildman–Crippen MR) is 54.3 cm³/mol. The summed E-state index contributed by atoms with van der Waals surface area (Å²) < 4.78 is 12.6. The van der Waals surface area contributed by atoms with E-state index < -0.39 is 24.2 Å². The van der Waals surface area contributed by atoms with E-state index in [1.165, 1.54) is 30.3 Å². The minimum atomic E-state index is -1.30. The monoisotopic (exact) mass is 224 g/mol. The summed E-state index contributed by atoms with van der Waals surface area (Å²) in [5.74, 6) is -2.96. The molecule has 0 saturated heterocycles. The maximum Gasteiger partial charge on any atom is 0.332 e. The van der Waals surface area contributed by atoms with Crippen LogP contribution in [0.1, 0.15) is 12.0 Å². The normalized spacial score (nSPS) is 11.2. The van der Waals surface area contributed by atoms with Gasteiger partial charge in [0.1, 0.15) is 5.82 Å². The van der Waals surface area contributed by atoms with E-state index >= 15 is 0 Å². The molecule has 5 heteroatoms. The molecule has 0 unspecified atom stereocenters. The van der Waals surface area contributed by atoms with Crippen molar-refractivity contribution in [2.75, 3.05) is 0 Å². The molecule has 2 N–H and O–H groups in total. The second-order valence-electron chi connectivity index (χ2n) is 3.10. The smallest absolute Gasteiger partial charge is 0.332 e. The molecule has 0 atom stereocenters. The Hall–Kier alpha value is -2.17. The Morgan fingerprint density at radius 1 is 1.19 bits per heavy atom. The van der Waals surface area contributed by atoms with Gasteiger partial charge in [0.25, 0.3) is 0 Å². The third-order valence-electron chi connectivity index (χ3n) is 1.83. The van der Waals surface area contributed by atoms with Gasteiger partial charge in [0.05, 0.1) is 6.42 Å². The number of carboxylic acid groups (broad SMARTS) is 2. The van der Waals surface area contributed by atoms with E-state index in [4.69, 9.17) is 10.2 Å². The zero-order valence-electron chi connectivity index (χ0n) is 8.18. The average molecular weight is 224 g/mol. The Morgan fingerprint density at radius 3 is 2.19 bits per heavy atom. The van der Waals surface area contributed by atoms with Crippen molar-refractivity contribution in [1.29, 1.82) is 0 Å². The van der Waals surface area contributed by atoms with Gasteiger partial charge in [-0.15, -0.1) is 0 Å². The standard InChI is InChI=1S/C11H9FO4/c12-9-3-1-7(2-4-9)5-8(11(15)16)6-10(13)14/h1-5H,6H2,(H,13,14)(H,15,16). The minimum absolute atomic E-state index is 0.251. The minimum Gasteiger partial charge on any atom is -0.481 e. The topological polar surface area (TPSA) is 74.6 Å². The third kappa shape index (κ3) is 3.53. The molecule has 0 saturated carbocycles. The molecule has 1 aromatic carbocycles. The Balaban J connectivity index is 2.97. The molecule has 1 aromatic rings. The van der Waals surface area contributed by atoms with Crippen molar-refractivity contribution in [2.24, 2.45) is 0 Å². The fourth-order valence-corrected chi connectivity index (χ4v) is 1.11. The first kappa shape index (κ1) is 11.9. The highest BCUT2D eigenvalue weighted by atomic mass is 19.1. The lowest BCUT2D eigenvalue weighted by Gasteiger charge is -1.99. The van der Waals surface area contributed by atoms with Crippen molar-refractivity contribution in [2.45, 2.75) is 6.42 Å². The molecule has 16 heavy (non-hydrogen) atoms. The highest BCUT2D eigenvalue weighted by molar-refractivity contribution is 5.96. The number of aliphatic carboxylic acids is 2. The van der Waals surface area contributed by atoms with Crippen LogP contribution in [-0.2, 0) is 9.59 Å². The maximum absolute atomic E-state index is 12.6. The van der Waals surface area contributed by atoms with Crippen LogP contribution in [-0.4, -0.2) is 22.2 Å². The zero-order chi connectivity index (χ0) is 12.1. The molecule has 0 aliphatic rings. The highest BCUT2D eigenvalue weighted by Gasteiger charge is 2.11. The average Bonchev–Trinajstić information content (AvgIpc) is 2.19. The molecule has 0 aliphatic carbocycles. The molecule has 0 bridgehead atoms. The lowest BCUT2D eigenvalue weighted by Crippen LogP contribution is -2.06. The van der Waals surface area contributed by atoms with E-state index in [0.29, 0.717) is 5.56 Å². The van der Waals surface area contributed by atoms with Gasteiger partial charge in [0.2, 0.25) is 0 Å². The molecular formula is C11H9FO4. The summed E-state index contributed by atoms with van der Waals surface area (Å²) in [7, 11) is 0. The summed E-state index contributed by atoms with van der Waals surface area (Å²) in [6.45, 7) is 0. The Bertz CT molecular complexity index is 434. The summed E-state index contributed by atoms with van der Waals surface area (Å²) in [5, 5.41) is 17.2. The van der Waals surface area contributed by atoms with Crippen LogP contribution in [0, 0.1) is 5.82 Å². The van der Waals surface area contributed by atoms with Crippen molar-refractivity contribution in [3.05, 3.63) is 41.2 Å². The quantitative estimate of drug-likeness (QED) is 0.764. The number of carbonyl (C=O) groups is 2. The van der Waals surface area contributed by atoms with Crippen LogP contribution in [0.4, 0.5) is 4.39 Å². The number of benzene rings is 1. The van der Waals surface area contributed by atoms with Crippen LogP contribution >= 0.6 is 0 Å². The van der Waals surface area contributed by atoms with Gasteiger partial charge < -0.3 is 10.2 Å². The second kappa shape index (κ2) is 5.06. The first-order chi connectivity index (χ1) is 7.49. The van der Waals surface area contributed by atoms with Crippen LogP contribution in [0.5, 0.6) is 0 Å². The van der Waals surface area contributed by atoms with Crippen molar-refractivity contribution in [3.8, 4) is 0 Å². The van der Waals surface area contributed by atoms with Crippen LogP contribution in [0.15, 0.2) is 29.8 Å². The molecule has 0 heterocycles. The molecular weight excluding hydrogens is 215 g/mol. The fourth-order valence-electron chi connectivity index (χ4n) is 1.11. The van der Waals surface area contributed by atoms with E-state index in [2.05, 4.69) is 0 Å². The number of rotatable bonds is 4. The van der Waals surface area contributed by atoms with E-state index in [1.807, 2.05) is 0 Å². The molecule has 84 valence electrons. The molecule has 4 nitrogen and oxygen atoms in total. The van der Waals surface area contributed by atoms with Gasteiger partial charge in [-0.3, -0.25) is 4.79 Å². The molecule has 0 radical (unpaired) electrons. The Labute approximate surface area is 90.6 Å². The SMILES string of the molecule is O=C(O)CC(=Cc1ccc(F)cc1)C(=O)O. The van der Waals surface area contributed by atoms with Gasteiger partial charge in [-0.1, -0.05) is 12.1 Å². The lowest BCUT2D eigenvalue weighted by atomic mass is 10.1.